The molecule has 0 saturated carbocycles. The van der Waals surface area contributed by atoms with Crippen molar-refractivity contribution in [1.29, 1.82) is 0 Å². The van der Waals surface area contributed by atoms with Crippen LogP contribution in [-0.4, -0.2) is 50.3 Å². The van der Waals surface area contributed by atoms with Gasteiger partial charge < -0.3 is 10.1 Å². The first-order chi connectivity index (χ1) is 6.63. The number of ether oxygens (including phenoxy) is 1. The Morgan fingerprint density at radius 1 is 1.50 bits per heavy atom. The van der Waals surface area contributed by atoms with Crippen molar-refractivity contribution in [2.45, 2.75) is 38.3 Å². The molecule has 1 rings (SSSR count). The lowest BCUT2D eigenvalue weighted by Gasteiger charge is -2.43. The second-order valence-electron chi connectivity index (χ2n) is 4.59. The molecule has 3 nitrogen and oxygen atoms in total. The predicted octanol–water partition coefficient (Wildman–Crippen LogP) is 1.10. The van der Waals surface area contributed by atoms with E-state index in [1.54, 1.807) is 0 Å². The number of hydrogen-bond donors (Lipinski definition) is 1. The van der Waals surface area contributed by atoms with E-state index in [4.69, 9.17) is 4.74 Å². The first-order valence-corrected chi connectivity index (χ1v) is 5.57. The highest BCUT2D eigenvalue weighted by atomic mass is 16.5. The summed E-state index contributed by atoms with van der Waals surface area (Å²) in [6, 6.07) is 0.627. The molecule has 0 aromatic heterocycles. The highest BCUT2D eigenvalue weighted by molar-refractivity contribution is 4.91. The van der Waals surface area contributed by atoms with Gasteiger partial charge in [0.25, 0.3) is 0 Å². The van der Waals surface area contributed by atoms with Gasteiger partial charge in [-0.05, 0) is 40.3 Å². The van der Waals surface area contributed by atoms with Gasteiger partial charge in [0.05, 0.1) is 5.60 Å². The molecule has 0 aliphatic carbocycles. The molecular formula is C11H24N2O. The zero-order valence-corrected chi connectivity index (χ0v) is 9.97. The Morgan fingerprint density at radius 3 is 2.71 bits per heavy atom. The summed E-state index contributed by atoms with van der Waals surface area (Å²) in [6.07, 6.45) is 2.42. The molecule has 1 fully saturated rings. The lowest BCUT2D eigenvalue weighted by atomic mass is 9.91. The fourth-order valence-corrected chi connectivity index (χ4v) is 2.28. The smallest absolute Gasteiger partial charge is 0.0928 e. The normalized spacial score (nSPS) is 29.8. The largest absolute Gasteiger partial charge is 0.376 e. The molecule has 1 atom stereocenters. The molecule has 1 aliphatic heterocycles. The summed E-state index contributed by atoms with van der Waals surface area (Å²) in [5.41, 5.74) is 0.0390. The van der Waals surface area contributed by atoms with Gasteiger partial charge in [-0.1, -0.05) is 0 Å². The standard InChI is InChI=1S/C11H24N2O/c1-10(2)13-7-5-6-11(9-13,14-4)8-12-3/h10,12H,5-9H2,1-4H3. The monoisotopic (exact) mass is 200 g/mol. The Hall–Kier alpha value is -0.120. The molecule has 1 unspecified atom stereocenters. The molecule has 1 heterocycles. The molecule has 0 aromatic carbocycles. The van der Waals surface area contributed by atoms with Gasteiger partial charge in [0.1, 0.15) is 0 Å². The van der Waals surface area contributed by atoms with Crippen molar-refractivity contribution < 1.29 is 4.74 Å². The number of nitrogens with zero attached hydrogens (tertiary/aromatic N) is 1. The predicted molar refractivity (Wildman–Crippen MR) is 59.6 cm³/mol. The number of likely N-dealkylation sites (N-methyl/N-ethyl adjacent to an activating group) is 1. The maximum Gasteiger partial charge on any atom is 0.0928 e. The van der Waals surface area contributed by atoms with Gasteiger partial charge in [-0.3, -0.25) is 4.90 Å². The molecule has 0 amide bonds. The molecule has 1 N–H and O–H groups in total. The van der Waals surface area contributed by atoms with Gasteiger partial charge in [0.15, 0.2) is 0 Å². The molecule has 0 radical (unpaired) electrons. The number of piperidine rings is 1. The fourth-order valence-electron chi connectivity index (χ4n) is 2.28. The van der Waals surface area contributed by atoms with E-state index in [0.29, 0.717) is 6.04 Å². The van der Waals surface area contributed by atoms with Crippen LogP contribution in [0.1, 0.15) is 26.7 Å². The first-order valence-electron chi connectivity index (χ1n) is 5.57. The number of hydrogen-bond acceptors (Lipinski definition) is 3. The Balaban J connectivity index is 2.59. The maximum atomic E-state index is 5.70. The number of methoxy groups -OCH3 is 1. The third-order valence-corrected chi connectivity index (χ3v) is 3.23. The summed E-state index contributed by atoms with van der Waals surface area (Å²) in [6.45, 7) is 7.73. The van der Waals surface area contributed by atoms with E-state index < -0.39 is 0 Å². The second-order valence-corrected chi connectivity index (χ2v) is 4.59. The SMILES string of the molecule is CNCC1(OC)CCCN(C(C)C)C1. The van der Waals surface area contributed by atoms with Crippen LogP contribution in [0.5, 0.6) is 0 Å². The number of rotatable bonds is 4. The first kappa shape index (κ1) is 12.0. The van der Waals surface area contributed by atoms with E-state index in [-0.39, 0.29) is 5.60 Å². The van der Waals surface area contributed by atoms with E-state index >= 15 is 0 Å². The van der Waals surface area contributed by atoms with Crippen LogP contribution >= 0.6 is 0 Å². The lowest BCUT2D eigenvalue weighted by Crippen LogP contribution is -2.55. The zero-order chi connectivity index (χ0) is 10.6. The molecule has 0 bridgehead atoms. The quantitative estimate of drug-likeness (QED) is 0.735. The van der Waals surface area contributed by atoms with Crippen molar-refractivity contribution in [2.24, 2.45) is 0 Å². The van der Waals surface area contributed by atoms with Gasteiger partial charge in [0, 0.05) is 26.2 Å². The minimum Gasteiger partial charge on any atom is -0.376 e. The summed E-state index contributed by atoms with van der Waals surface area (Å²) in [7, 11) is 3.83. The van der Waals surface area contributed by atoms with Crippen LogP contribution in [-0.2, 0) is 4.74 Å². The number of likely N-dealkylation sites (tertiary alicyclic amines) is 1. The van der Waals surface area contributed by atoms with E-state index in [1.165, 1.54) is 19.4 Å². The molecular weight excluding hydrogens is 176 g/mol. The number of nitrogens with one attached hydrogen (secondary N) is 1. The summed E-state index contributed by atoms with van der Waals surface area (Å²) in [4.78, 5) is 2.50. The summed E-state index contributed by atoms with van der Waals surface area (Å²) in [5.74, 6) is 0. The van der Waals surface area contributed by atoms with Crippen molar-refractivity contribution in [1.82, 2.24) is 10.2 Å². The Kier molecular flexibility index (Phi) is 4.35. The molecule has 1 saturated heterocycles. The topological polar surface area (TPSA) is 24.5 Å². The van der Waals surface area contributed by atoms with Crippen molar-refractivity contribution in [3.8, 4) is 0 Å². The minimum absolute atomic E-state index is 0.0390. The van der Waals surface area contributed by atoms with Crippen LogP contribution in [0.3, 0.4) is 0 Å². The highest BCUT2D eigenvalue weighted by Crippen LogP contribution is 2.25. The van der Waals surface area contributed by atoms with Gasteiger partial charge in [-0.25, -0.2) is 0 Å². The molecule has 14 heavy (non-hydrogen) atoms. The van der Waals surface area contributed by atoms with Crippen molar-refractivity contribution in [3.63, 3.8) is 0 Å². The Morgan fingerprint density at radius 2 is 2.21 bits per heavy atom. The van der Waals surface area contributed by atoms with Crippen molar-refractivity contribution in [2.75, 3.05) is 33.8 Å². The molecule has 1 aliphatic rings. The van der Waals surface area contributed by atoms with Crippen LogP contribution < -0.4 is 5.32 Å². The van der Waals surface area contributed by atoms with Gasteiger partial charge in [-0.2, -0.15) is 0 Å². The van der Waals surface area contributed by atoms with Crippen LogP contribution in [0.4, 0.5) is 0 Å². The van der Waals surface area contributed by atoms with E-state index in [2.05, 4.69) is 24.1 Å². The van der Waals surface area contributed by atoms with Crippen molar-refractivity contribution >= 4 is 0 Å². The van der Waals surface area contributed by atoms with Crippen LogP contribution in [0.25, 0.3) is 0 Å². The lowest BCUT2D eigenvalue weighted by molar-refractivity contribution is -0.0684. The van der Waals surface area contributed by atoms with Crippen molar-refractivity contribution in [3.05, 3.63) is 0 Å². The molecule has 84 valence electrons. The fraction of sp³-hybridized carbons (Fsp3) is 1.00. The van der Waals surface area contributed by atoms with Crippen LogP contribution in [0, 0.1) is 0 Å². The molecule has 0 spiro atoms. The average Bonchev–Trinajstić information content (AvgIpc) is 2.18. The zero-order valence-electron chi connectivity index (χ0n) is 9.97. The summed E-state index contributed by atoms with van der Waals surface area (Å²) < 4.78 is 5.70. The summed E-state index contributed by atoms with van der Waals surface area (Å²) >= 11 is 0. The van der Waals surface area contributed by atoms with Crippen LogP contribution in [0.2, 0.25) is 0 Å². The minimum atomic E-state index is 0.0390. The van der Waals surface area contributed by atoms with E-state index in [1.807, 2.05) is 14.2 Å². The molecule has 3 heteroatoms. The van der Waals surface area contributed by atoms with Gasteiger partial charge >= 0.3 is 0 Å². The molecule has 0 aromatic rings. The van der Waals surface area contributed by atoms with Gasteiger partial charge in [0.2, 0.25) is 0 Å². The maximum absolute atomic E-state index is 5.70. The summed E-state index contributed by atoms with van der Waals surface area (Å²) in [5, 5.41) is 3.24. The van der Waals surface area contributed by atoms with E-state index in [9.17, 15) is 0 Å². The van der Waals surface area contributed by atoms with E-state index in [0.717, 1.165) is 13.1 Å². The third-order valence-electron chi connectivity index (χ3n) is 3.23. The second kappa shape index (κ2) is 5.10. The Labute approximate surface area is 87.8 Å². The Bertz CT molecular complexity index is 169. The third kappa shape index (κ3) is 2.69. The van der Waals surface area contributed by atoms with Gasteiger partial charge in [-0.15, -0.1) is 0 Å². The highest BCUT2D eigenvalue weighted by Gasteiger charge is 2.35. The van der Waals surface area contributed by atoms with Crippen LogP contribution in [0.15, 0.2) is 0 Å². The average molecular weight is 200 g/mol.